The van der Waals surface area contributed by atoms with E-state index < -0.39 is 0 Å². The summed E-state index contributed by atoms with van der Waals surface area (Å²) in [4.78, 5) is 23.4. The van der Waals surface area contributed by atoms with Crippen LogP contribution in [0.1, 0.15) is 23.3 Å². The molecule has 23 heavy (non-hydrogen) atoms. The van der Waals surface area contributed by atoms with Gasteiger partial charge in [-0.1, -0.05) is 12.1 Å². The summed E-state index contributed by atoms with van der Waals surface area (Å²) in [5.74, 6) is 0.0111. The number of carbonyl (C=O) groups is 1. The van der Waals surface area contributed by atoms with Crippen molar-refractivity contribution < 1.29 is 4.79 Å². The first-order valence-electron chi connectivity index (χ1n) is 7.48. The highest BCUT2D eigenvalue weighted by Gasteiger charge is 2.42. The Hall–Kier alpha value is -1.43. The molecule has 3 heterocycles. The van der Waals surface area contributed by atoms with Gasteiger partial charge in [0.2, 0.25) is 0 Å². The van der Waals surface area contributed by atoms with Gasteiger partial charge in [0.15, 0.2) is 0 Å². The Kier molecular flexibility index (Phi) is 5.45. The molecule has 4 rings (SSSR count). The molecule has 1 aromatic heterocycles. The number of nitrogens with one attached hydrogen (secondary N) is 1. The van der Waals surface area contributed by atoms with Crippen molar-refractivity contribution in [2.24, 2.45) is 5.41 Å². The summed E-state index contributed by atoms with van der Waals surface area (Å²) in [5, 5.41) is 3.41. The number of likely N-dealkylation sites (tertiary alicyclic amines) is 1. The zero-order chi connectivity index (χ0) is 14.3. The minimum atomic E-state index is 0. The van der Waals surface area contributed by atoms with E-state index in [9.17, 15) is 4.79 Å². The van der Waals surface area contributed by atoms with Gasteiger partial charge in [-0.05, 0) is 31.5 Å². The Labute approximate surface area is 147 Å². The Bertz CT molecular complexity index is 703. The molecule has 7 heteroatoms. The van der Waals surface area contributed by atoms with Gasteiger partial charge in [0.25, 0.3) is 5.91 Å². The first kappa shape index (κ1) is 17.9. The lowest BCUT2D eigenvalue weighted by atomic mass is 9.87. The molecule has 124 valence electrons. The van der Waals surface area contributed by atoms with Crippen molar-refractivity contribution in [1.82, 2.24) is 20.2 Å². The zero-order valence-electron chi connectivity index (χ0n) is 12.7. The average Bonchev–Trinajstić information content (AvgIpc) is 3.17. The van der Waals surface area contributed by atoms with Gasteiger partial charge in [0, 0.05) is 25.0 Å². The fourth-order valence-corrected chi connectivity index (χ4v) is 3.47. The fourth-order valence-electron chi connectivity index (χ4n) is 3.47. The van der Waals surface area contributed by atoms with Gasteiger partial charge in [-0.15, -0.1) is 24.8 Å². The van der Waals surface area contributed by atoms with E-state index in [2.05, 4.69) is 15.3 Å². The number of hydrogen-bond acceptors (Lipinski definition) is 4. The monoisotopic (exact) mass is 354 g/mol. The number of aromatic nitrogens is 2. The fraction of sp³-hybridized carbons (Fsp3) is 0.438. The van der Waals surface area contributed by atoms with Gasteiger partial charge >= 0.3 is 0 Å². The molecule has 0 aliphatic carbocycles. The molecule has 2 aliphatic heterocycles. The summed E-state index contributed by atoms with van der Waals surface area (Å²) in [7, 11) is 0. The maximum atomic E-state index is 12.6. The summed E-state index contributed by atoms with van der Waals surface area (Å²) in [6.45, 7) is 3.76. The van der Waals surface area contributed by atoms with E-state index in [1.165, 1.54) is 6.42 Å². The number of fused-ring (bicyclic) bond motifs is 1. The molecule has 5 nitrogen and oxygen atoms in total. The number of halogens is 2. The first-order valence-corrected chi connectivity index (χ1v) is 7.48. The van der Waals surface area contributed by atoms with Crippen molar-refractivity contribution in [2.45, 2.75) is 12.8 Å². The van der Waals surface area contributed by atoms with E-state index >= 15 is 0 Å². The van der Waals surface area contributed by atoms with Crippen LogP contribution in [0.25, 0.3) is 11.0 Å². The summed E-state index contributed by atoms with van der Waals surface area (Å²) in [6.07, 6.45) is 3.86. The smallest absolute Gasteiger partial charge is 0.274 e. The Balaban J connectivity index is 0.000000960. The molecule has 2 aromatic rings. The van der Waals surface area contributed by atoms with Crippen LogP contribution in [0, 0.1) is 5.41 Å². The molecule has 0 bridgehead atoms. The van der Waals surface area contributed by atoms with Crippen LogP contribution < -0.4 is 5.32 Å². The molecule has 0 radical (unpaired) electrons. The van der Waals surface area contributed by atoms with Crippen molar-refractivity contribution in [3.05, 3.63) is 36.2 Å². The second kappa shape index (κ2) is 6.99. The molecular weight excluding hydrogens is 335 g/mol. The van der Waals surface area contributed by atoms with Crippen molar-refractivity contribution >= 4 is 41.8 Å². The standard InChI is InChI=1S/C16H18N4O.2ClH/c21-15(20-8-6-16(11-20)5-7-17-10-16)14-9-18-12-3-1-2-4-13(12)19-14;;/h1-4,9,17H,5-8,10-11H2;2*1H. The third kappa shape index (κ3) is 3.27. The Morgan fingerprint density at radius 3 is 2.70 bits per heavy atom. The highest BCUT2D eigenvalue weighted by atomic mass is 35.5. The van der Waals surface area contributed by atoms with Crippen LogP contribution in [0.3, 0.4) is 0 Å². The van der Waals surface area contributed by atoms with E-state index in [1.54, 1.807) is 6.20 Å². The lowest BCUT2D eigenvalue weighted by Gasteiger charge is -2.22. The van der Waals surface area contributed by atoms with Crippen LogP contribution in [-0.4, -0.2) is 47.0 Å². The van der Waals surface area contributed by atoms with Gasteiger partial charge in [-0.3, -0.25) is 9.78 Å². The number of para-hydroxylation sites is 2. The van der Waals surface area contributed by atoms with Gasteiger partial charge < -0.3 is 10.2 Å². The maximum Gasteiger partial charge on any atom is 0.274 e. The third-order valence-corrected chi connectivity index (χ3v) is 4.73. The van der Waals surface area contributed by atoms with Crippen LogP contribution in [-0.2, 0) is 0 Å². The van der Waals surface area contributed by atoms with Crippen LogP contribution >= 0.6 is 24.8 Å². The summed E-state index contributed by atoms with van der Waals surface area (Å²) in [5.41, 5.74) is 2.35. The van der Waals surface area contributed by atoms with Crippen LogP contribution in [0.4, 0.5) is 0 Å². The number of benzene rings is 1. The zero-order valence-corrected chi connectivity index (χ0v) is 14.3. The molecular formula is C16H20Cl2N4O. The van der Waals surface area contributed by atoms with Gasteiger partial charge in [-0.25, -0.2) is 4.98 Å². The highest BCUT2D eigenvalue weighted by molar-refractivity contribution is 5.94. The number of amides is 1. The second-order valence-corrected chi connectivity index (χ2v) is 6.15. The van der Waals surface area contributed by atoms with E-state index in [-0.39, 0.29) is 30.7 Å². The SMILES string of the molecule is Cl.Cl.O=C(c1cnc2ccccc2n1)N1CCC2(CCNC2)C1. The highest BCUT2D eigenvalue weighted by Crippen LogP contribution is 2.36. The molecule has 1 spiro atoms. The van der Waals surface area contributed by atoms with E-state index in [0.717, 1.165) is 43.6 Å². The molecule has 2 aliphatic rings. The average molecular weight is 355 g/mol. The molecule has 1 N–H and O–H groups in total. The van der Waals surface area contributed by atoms with E-state index in [0.29, 0.717) is 11.1 Å². The topological polar surface area (TPSA) is 58.1 Å². The number of rotatable bonds is 1. The summed E-state index contributed by atoms with van der Waals surface area (Å²) >= 11 is 0. The quantitative estimate of drug-likeness (QED) is 0.853. The largest absolute Gasteiger partial charge is 0.337 e. The van der Waals surface area contributed by atoms with E-state index in [4.69, 9.17) is 0 Å². The molecule has 1 amide bonds. The Morgan fingerprint density at radius 2 is 1.96 bits per heavy atom. The van der Waals surface area contributed by atoms with Crippen molar-refractivity contribution in [3.8, 4) is 0 Å². The van der Waals surface area contributed by atoms with Gasteiger partial charge in [-0.2, -0.15) is 0 Å². The lowest BCUT2D eigenvalue weighted by Crippen LogP contribution is -2.33. The summed E-state index contributed by atoms with van der Waals surface area (Å²) < 4.78 is 0. The lowest BCUT2D eigenvalue weighted by molar-refractivity contribution is 0.0770. The molecule has 1 aromatic carbocycles. The predicted molar refractivity (Wildman–Crippen MR) is 94.5 cm³/mol. The minimum absolute atomic E-state index is 0. The molecule has 1 atom stereocenters. The number of hydrogen-bond donors (Lipinski definition) is 1. The van der Waals surface area contributed by atoms with Crippen LogP contribution in [0.5, 0.6) is 0 Å². The normalized spacial score (nSPS) is 22.9. The number of carbonyl (C=O) groups excluding carboxylic acids is 1. The van der Waals surface area contributed by atoms with Crippen molar-refractivity contribution in [2.75, 3.05) is 26.2 Å². The molecule has 2 fully saturated rings. The summed E-state index contributed by atoms with van der Waals surface area (Å²) in [6, 6.07) is 7.65. The maximum absolute atomic E-state index is 12.6. The van der Waals surface area contributed by atoms with Crippen molar-refractivity contribution in [1.29, 1.82) is 0 Å². The van der Waals surface area contributed by atoms with Crippen LogP contribution in [0.2, 0.25) is 0 Å². The molecule has 2 saturated heterocycles. The van der Waals surface area contributed by atoms with Crippen molar-refractivity contribution in [3.63, 3.8) is 0 Å². The first-order chi connectivity index (χ1) is 10.3. The van der Waals surface area contributed by atoms with Gasteiger partial charge in [0.1, 0.15) is 5.69 Å². The molecule has 0 saturated carbocycles. The van der Waals surface area contributed by atoms with Gasteiger partial charge in [0.05, 0.1) is 17.2 Å². The molecule has 1 unspecified atom stereocenters. The second-order valence-electron chi connectivity index (χ2n) is 6.15. The Morgan fingerprint density at radius 1 is 1.17 bits per heavy atom. The van der Waals surface area contributed by atoms with Crippen LogP contribution in [0.15, 0.2) is 30.5 Å². The number of nitrogens with zero attached hydrogens (tertiary/aromatic N) is 3. The third-order valence-electron chi connectivity index (χ3n) is 4.73. The minimum Gasteiger partial charge on any atom is -0.337 e. The van der Waals surface area contributed by atoms with E-state index in [1.807, 2.05) is 29.2 Å². The predicted octanol–water partition coefficient (Wildman–Crippen LogP) is 2.30.